The van der Waals surface area contributed by atoms with Gasteiger partial charge in [-0.1, -0.05) is 30.3 Å². The van der Waals surface area contributed by atoms with Gasteiger partial charge in [-0.25, -0.2) is 4.79 Å². The Balaban J connectivity index is 1.25. The molecule has 0 spiro atoms. The lowest BCUT2D eigenvalue weighted by atomic mass is 10.0. The molecule has 0 radical (unpaired) electrons. The summed E-state index contributed by atoms with van der Waals surface area (Å²) in [5.41, 5.74) is 2.19. The van der Waals surface area contributed by atoms with E-state index in [1.807, 2.05) is 42.2 Å². The molecule has 2 fully saturated rings. The van der Waals surface area contributed by atoms with Crippen molar-refractivity contribution in [2.45, 2.75) is 13.3 Å². The quantitative estimate of drug-likeness (QED) is 0.916. The number of hydrogen-bond acceptors (Lipinski definition) is 4. The fourth-order valence-electron chi connectivity index (χ4n) is 3.98. The second kappa shape index (κ2) is 7.32. The van der Waals surface area contributed by atoms with Gasteiger partial charge in [0.1, 0.15) is 0 Å². The number of aromatic nitrogens is 2. The Hall–Kier alpha value is -2.63. The van der Waals surface area contributed by atoms with Gasteiger partial charge in [-0.3, -0.25) is 0 Å². The molecule has 3 heterocycles. The molecular formula is C20H25N5O. The molecule has 1 N–H and O–H groups in total. The number of carbonyl (C=O) groups is 1. The van der Waals surface area contributed by atoms with Gasteiger partial charge in [-0.05, 0) is 31.0 Å². The fourth-order valence-corrected chi connectivity index (χ4v) is 3.98. The van der Waals surface area contributed by atoms with E-state index in [1.165, 1.54) is 5.56 Å². The van der Waals surface area contributed by atoms with Gasteiger partial charge >= 0.3 is 6.03 Å². The third-order valence-electron chi connectivity index (χ3n) is 5.41. The predicted octanol–water partition coefficient (Wildman–Crippen LogP) is 2.11. The van der Waals surface area contributed by atoms with Crippen molar-refractivity contribution in [3.8, 4) is 0 Å². The van der Waals surface area contributed by atoms with Crippen molar-refractivity contribution < 1.29 is 4.79 Å². The lowest BCUT2D eigenvalue weighted by Gasteiger charge is -2.22. The molecule has 2 aliphatic heterocycles. The summed E-state index contributed by atoms with van der Waals surface area (Å²) in [6, 6.07) is 14.4. The molecule has 1 aromatic carbocycles. The fraction of sp³-hybridized carbons (Fsp3) is 0.450. The number of anilines is 1. The first kappa shape index (κ1) is 16.8. The highest BCUT2D eigenvalue weighted by Crippen LogP contribution is 2.33. The first-order chi connectivity index (χ1) is 12.7. The number of nitrogens with one attached hydrogen (secondary N) is 1. The minimum atomic E-state index is 0.0667. The summed E-state index contributed by atoms with van der Waals surface area (Å²) in [6.45, 7) is 6.20. The number of urea groups is 1. The van der Waals surface area contributed by atoms with E-state index in [4.69, 9.17) is 0 Å². The minimum Gasteiger partial charge on any atom is -0.354 e. The van der Waals surface area contributed by atoms with Crippen LogP contribution in [-0.2, 0) is 6.42 Å². The molecule has 6 heteroatoms. The van der Waals surface area contributed by atoms with Crippen LogP contribution in [0.2, 0.25) is 0 Å². The predicted molar refractivity (Wildman–Crippen MR) is 101 cm³/mol. The van der Waals surface area contributed by atoms with E-state index in [1.54, 1.807) is 0 Å². The third-order valence-corrected chi connectivity index (χ3v) is 5.41. The molecule has 4 rings (SSSR count). The molecule has 2 amide bonds. The summed E-state index contributed by atoms with van der Waals surface area (Å²) >= 11 is 0. The number of fused-ring (bicyclic) bond motifs is 1. The summed E-state index contributed by atoms with van der Waals surface area (Å²) in [5.74, 6) is 2.00. The van der Waals surface area contributed by atoms with E-state index in [-0.39, 0.29) is 6.03 Å². The number of aryl methyl sites for hydroxylation is 1. The third kappa shape index (κ3) is 3.64. The summed E-state index contributed by atoms with van der Waals surface area (Å²) in [6.07, 6.45) is 0.868. The van der Waals surface area contributed by atoms with Crippen LogP contribution in [0.5, 0.6) is 0 Å². The van der Waals surface area contributed by atoms with Gasteiger partial charge < -0.3 is 15.1 Å². The van der Waals surface area contributed by atoms with E-state index in [2.05, 4.69) is 32.5 Å². The minimum absolute atomic E-state index is 0.0667. The van der Waals surface area contributed by atoms with Gasteiger partial charge in [0.05, 0.1) is 5.69 Å². The van der Waals surface area contributed by atoms with Gasteiger partial charge in [-0.2, -0.15) is 5.10 Å². The van der Waals surface area contributed by atoms with Crippen molar-refractivity contribution >= 4 is 11.8 Å². The maximum Gasteiger partial charge on any atom is 0.317 e. The van der Waals surface area contributed by atoms with Crippen LogP contribution in [0.3, 0.4) is 0 Å². The normalized spacial score (nSPS) is 21.7. The second-order valence-corrected chi connectivity index (χ2v) is 7.33. The Bertz CT molecular complexity index is 735. The molecule has 0 bridgehead atoms. The van der Waals surface area contributed by atoms with E-state index >= 15 is 0 Å². The lowest BCUT2D eigenvalue weighted by Crippen LogP contribution is -2.41. The number of carbonyl (C=O) groups excluding carboxylic acids is 1. The van der Waals surface area contributed by atoms with Crippen molar-refractivity contribution in [3.63, 3.8) is 0 Å². The highest BCUT2D eigenvalue weighted by Gasteiger charge is 2.42. The average Bonchev–Trinajstić information content (AvgIpc) is 3.22. The van der Waals surface area contributed by atoms with Crippen molar-refractivity contribution in [2.24, 2.45) is 11.8 Å². The molecule has 6 nitrogen and oxygen atoms in total. The van der Waals surface area contributed by atoms with E-state index in [9.17, 15) is 4.79 Å². The standard InChI is InChI=1S/C20H25N5O/c1-15-7-8-19(23-22-15)24-11-17-13-25(14-18(17)12-24)20(26)21-10-9-16-5-3-2-4-6-16/h2-8,17-18H,9-14H2,1H3,(H,21,26). The van der Waals surface area contributed by atoms with Crippen LogP contribution in [0.25, 0.3) is 0 Å². The summed E-state index contributed by atoms with van der Waals surface area (Å²) in [4.78, 5) is 16.7. The zero-order chi connectivity index (χ0) is 17.9. The van der Waals surface area contributed by atoms with Gasteiger partial charge in [0, 0.05) is 44.6 Å². The van der Waals surface area contributed by atoms with Gasteiger partial charge in [0.25, 0.3) is 0 Å². The molecule has 136 valence electrons. The SMILES string of the molecule is Cc1ccc(N2CC3CN(C(=O)NCCc4ccccc4)CC3C2)nn1. The Labute approximate surface area is 154 Å². The van der Waals surface area contributed by atoms with Gasteiger partial charge in [0.15, 0.2) is 5.82 Å². The van der Waals surface area contributed by atoms with E-state index < -0.39 is 0 Å². The number of likely N-dealkylation sites (tertiary alicyclic amines) is 1. The molecule has 26 heavy (non-hydrogen) atoms. The first-order valence-electron chi connectivity index (χ1n) is 9.31. The number of rotatable bonds is 4. The van der Waals surface area contributed by atoms with Gasteiger partial charge in [-0.15, -0.1) is 5.10 Å². The zero-order valence-corrected chi connectivity index (χ0v) is 15.1. The van der Waals surface area contributed by atoms with Crippen LogP contribution in [0.4, 0.5) is 10.6 Å². The van der Waals surface area contributed by atoms with Crippen molar-refractivity contribution in [1.82, 2.24) is 20.4 Å². The second-order valence-electron chi connectivity index (χ2n) is 7.33. The summed E-state index contributed by atoms with van der Waals surface area (Å²) in [5, 5.41) is 11.5. The molecule has 0 aliphatic carbocycles. The largest absolute Gasteiger partial charge is 0.354 e. The highest BCUT2D eigenvalue weighted by molar-refractivity contribution is 5.74. The molecule has 2 unspecified atom stereocenters. The summed E-state index contributed by atoms with van der Waals surface area (Å²) in [7, 11) is 0. The van der Waals surface area contributed by atoms with Crippen molar-refractivity contribution in [3.05, 3.63) is 53.7 Å². The van der Waals surface area contributed by atoms with Crippen LogP contribution in [-0.4, -0.2) is 53.9 Å². The summed E-state index contributed by atoms with van der Waals surface area (Å²) < 4.78 is 0. The number of benzene rings is 1. The van der Waals surface area contributed by atoms with Crippen LogP contribution in [0.15, 0.2) is 42.5 Å². The Kier molecular flexibility index (Phi) is 4.73. The van der Waals surface area contributed by atoms with Crippen LogP contribution in [0.1, 0.15) is 11.3 Å². The van der Waals surface area contributed by atoms with E-state index in [0.29, 0.717) is 18.4 Å². The number of nitrogens with zero attached hydrogens (tertiary/aromatic N) is 4. The van der Waals surface area contributed by atoms with Crippen molar-refractivity contribution in [2.75, 3.05) is 37.6 Å². The molecule has 2 aliphatic rings. The Morgan fingerprint density at radius 1 is 1.04 bits per heavy atom. The Morgan fingerprint density at radius 2 is 1.77 bits per heavy atom. The van der Waals surface area contributed by atoms with E-state index in [0.717, 1.165) is 44.1 Å². The maximum absolute atomic E-state index is 12.4. The number of hydrogen-bond donors (Lipinski definition) is 1. The average molecular weight is 351 g/mol. The molecule has 0 saturated carbocycles. The topological polar surface area (TPSA) is 61.4 Å². The molecule has 2 saturated heterocycles. The highest BCUT2D eigenvalue weighted by atomic mass is 16.2. The van der Waals surface area contributed by atoms with Crippen LogP contribution in [0, 0.1) is 18.8 Å². The Morgan fingerprint density at radius 3 is 2.42 bits per heavy atom. The van der Waals surface area contributed by atoms with Crippen LogP contribution < -0.4 is 10.2 Å². The molecule has 1 aromatic heterocycles. The maximum atomic E-state index is 12.4. The first-order valence-corrected chi connectivity index (χ1v) is 9.31. The molecular weight excluding hydrogens is 326 g/mol. The van der Waals surface area contributed by atoms with Gasteiger partial charge in [0.2, 0.25) is 0 Å². The molecule has 2 atom stereocenters. The number of amides is 2. The lowest BCUT2D eigenvalue weighted by molar-refractivity contribution is 0.206. The van der Waals surface area contributed by atoms with Crippen molar-refractivity contribution in [1.29, 1.82) is 0 Å². The monoisotopic (exact) mass is 351 g/mol. The molecule has 2 aromatic rings. The zero-order valence-electron chi connectivity index (χ0n) is 15.1. The van der Waals surface area contributed by atoms with Crippen LogP contribution >= 0.6 is 0 Å². The smallest absolute Gasteiger partial charge is 0.317 e.